The van der Waals surface area contributed by atoms with Crippen molar-refractivity contribution in [1.82, 2.24) is 9.88 Å². The van der Waals surface area contributed by atoms with Gasteiger partial charge in [0.1, 0.15) is 11.5 Å². The summed E-state index contributed by atoms with van der Waals surface area (Å²) in [5.41, 5.74) is 3.60. The summed E-state index contributed by atoms with van der Waals surface area (Å²) < 4.78 is 15.9. The van der Waals surface area contributed by atoms with Crippen molar-refractivity contribution in [2.45, 2.75) is 13.5 Å². The summed E-state index contributed by atoms with van der Waals surface area (Å²) in [5.74, 6) is 1.99. The molecule has 0 unspecified atom stereocenters. The van der Waals surface area contributed by atoms with Crippen molar-refractivity contribution in [2.75, 3.05) is 45.3 Å². The Morgan fingerprint density at radius 1 is 1.00 bits per heavy atom. The van der Waals surface area contributed by atoms with Crippen molar-refractivity contribution < 1.29 is 18.7 Å². The minimum atomic E-state index is -0.312. The van der Waals surface area contributed by atoms with Crippen LogP contribution in [0.5, 0.6) is 5.75 Å². The lowest BCUT2D eigenvalue weighted by molar-refractivity contribution is 0.0600. The van der Waals surface area contributed by atoms with E-state index in [1.54, 1.807) is 7.11 Å². The number of oxazole rings is 1. The quantitative estimate of drug-likeness (QED) is 0.561. The van der Waals surface area contributed by atoms with Crippen LogP contribution >= 0.6 is 0 Å². The number of carbonyl (C=O) groups is 1. The highest BCUT2D eigenvalue weighted by Crippen LogP contribution is 2.25. The maximum absolute atomic E-state index is 11.6. The number of anilines is 1. The summed E-state index contributed by atoms with van der Waals surface area (Å²) in [7, 11) is 3.05. The van der Waals surface area contributed by atoms with Crippen LogP contribution in [-0.2, 0) is 11.3 Å². The number of nitrogens with zero attached hydrogens (tertiary/aromatic N) is 3. The molecular formula is C24H27N3O4. The first-order valence-electron chi connectivity index (χ1n) is 10.3. The van der Waals surface area contributed by atoms with Gasteiger partial charge in [-0.2, -0.15) is 0 Å². The molecule has 0 spiro atoms. The third-order valence-electron chi connectivity index (χ3n) is 5.63. The topological polar surface area (TPSA) is 68.0 Å². The number of rotatable bonds is 6. The van der Waals surface area contributed by atoms with Gasteiger partial charge in [-0.05, 0) is 55.5 Å². The Bertz CT molecular complexity index is 1020. The van der Waals surface area contributed by atoms with Crippen molar-refractivity contribution >= 4 is 11.7 Å². The minimum absolute atomic E-state index is 0.312. The first-order valence-corrected chi connectivity index (χ1v) is 10.3. The maximum atomic E-state index is 11.6. The van der Waals surface area contributed by atoms with Crippen LogP contribution in [0.25, 0.3) is 11.5 Å². The van der Waals surface area contributed by atoms with Crippen LogP contribution in [0.4, 0.5) is 5.69 Å². The van der Waals surface area contributed by atoms with Crippen LogP contribution in [-0.4, -0.2) is 56.3 Å². The Hall–Kier alpha value is -3.32. The number of piperazine rings is 1. The fraction of sp³-hybridized carbons (Fsp3) is 0.333. The normalized spacial score (nSPS) is 14.5. The molecule has 4 rings (SSSR count). The van der Waals surface area contributed by atoms with Crippen molar-refractivity contribution in [3.05, 3.63) is 65.5 Å². The zero-order chi connectivity index (χ0) is 21.8. The van der Waals surface area contributed by atoms with Gasteiger partial charge in [-0.15, -0.1) is 0 Å². The highest BCUT2D eigenvalue weighted by Gasteiger charge is 2.20. The van der Waals surface area contributed by atoms with E-state index in [-0.39, 0.29) is 5.97 Å². The average Bonchev–Trinajstić information content (AvgIpc) is 3.19. The van der Waals surface area contributed by atoms with E-state index < -0.39 is 0 Å². The molecule has 0 aliphatic carbocycles. The monoisotopic (exact) mass is 421 g/mol. The number of methoxy groups -OCH3 is 2. The van der Waals surface area contributed by atoms with Crippen molar-refractivity contribution in [1.29, 1.82) is 0 Å². The number of aryl methyl sites for hydroxylation is 1. The first kappa shape index (κ1) is 20.9. The lowest BCUT2D eigenvalue weighted by atomic mass is 10.1. The summed E-state index contributed by atoms with van der Waals surface area (Å²) >= 11 is 0. The van der Waals surface area contributed by atoms with Crippen LogP contribution in [0, 0.1) is 6.92 Å². The van der Waals surface area contributed by atoms with Crippen molar-refractivity contribution in [3.8, 4) is 17.2 Å². The van der Waals surface area contributed by atoms with Gasteiger partial charge in [-0.25, -0.2) is 9.78 Å². The molecule has 162 valence electrons. The van der Waals surface area contributed by atoms with Crippen LogP contribution in [0.1, 0.15) is 21.8 Å². The standard InChI is InChI=1S/C24H27N3O4/c1-17-22(25-23(31-17)18-6-10-21(29-2)11-7-18)16-26-12-14-27(15-13-26)20-8-4-19(5-9-20)24(28)30-3/h4-11H,12-16H2,1-3H3. The molecule has 1 aliphatic heterocycles. The molecule has 1 aromatic heterocycles. The largest absolute Gasteiger partial charge is 0.497 e. The Morgan fingerprint density at radius 3 is 2.29 bits per heavy atom. The lowest BCUT2D eigenvalue weighted by Gasteiger charge is -2.35. The van der Waals surface area contributed by atoms with E-state index in [9.17, 15) is 4.79 Å². The molecule has 2 heterocycles. The summed E-state index contributed by atoms with van der Waals surface area (Å²) in [6.07, 6.45) is 0. The van der Waals surface area contributed by atoms with Crippen LogP contribution in [0.15, 0.2) is 52.9 Å². The second-order valence-corrected chi connectivity index (χ2v) is 7.55. The van der Waals surface area contributed by atoms with E-state index in [1.165, 1.54) is 7.11 Å². The molecule has 0 radical (unpaired) electrons. The van der Waals surface area contributed by atoms with Gasteiger partial charge >= 0.3 is 5.97 Å². The van der Waals surface area contributed by atoms with E-state index in [0.717, 1.165) is 61.2 Å². The molecule has 0 amide bonds. The van der Waals surface area contributed by atoms with Gasteiger partial charge in [0.2, 0.25) is 5.89 Å². The molecule has 3 aromatic rings. The van der Waals surface area contributed by atoms with Gasteiger partial charge in [-0.3, -0.25) is 4.90 Å². The molecule has 0 atom stereocenters. The fourth-order valence-electron chi connectivity index (χ4n) is 3.73. The molecule has 0 bridgehead atoms. The number of carbonyl (C=O) groups excluding carboxylic acids is 1. The summed E-state index contributed by atoms with van der Waals surface area (Å²) in [6, 6.07) is 15.3. The fourth-order valence-corrected chi connectivity index (χ4v) is 3.73. The second-order valence-electron chi connectivity index (χ2n) is 7.55. The van der Waals surface area contributed by atoms with Crippen LogP contribution < -0.4 is 9.64 Å². The Labute approximate surface area is 182 Å². The number of aromatic nitrogens is 1. The average molecular weight is 421 g/mol. The molecule has 1 saturated heterocycles. The van der Waals surface area contributed by atoms with Gasteiger partial charge < -0.3 is 18.8 Å². The molecule has 0 N–H and O–H groups in total. The molecule has 1 aliphatic rings. The minimum Gasteiger partial charge on any atom is -0.497 e. The van der Waals surface area contributed by atoms with Gasteiger partial charge in [0, 0.05) is 44.0 Å². The lowest BCUT2D eigenvalue weighted by Crippen LogP contribution is -2.46. The Morgan fingerprint density at radius 2 is 1.68 bits per heavy atom. The zero-order valence-electron chi connectivity index (χ0n) is 18.1. The second kappa shape index (κ2) is 9.22. The number of ether oxygens (including phenoxy) is 2. The summed E-state index contributed by atoms with van der Waals surface area (Å²) in [4.78, 5) is 21.1. The van der Waals surface area contributed by atoms with E-state index in [2.05, 4.69) is 9.80 Å². The third-order valence-corrected chi connectivity index (χ3v) is 5.63. The predicted octanol–water partition coefficient (Wildman–Crippen LogP) is 3.77. The van der Waals surface area contributed by atoms with E-state index in [1.807, 2.05) is 55.5 Å². The molecular weight excluding hydrogens is 394 g/mol. The molecule has 7 nitrogen and oxygen atoms in total. The molecule has 2 aromatic carbocycles. The highest BCUT2D eigenvalue weighted by molar-refractivity contribution is 5.89. The third kappa shape index (κ3) is 4.72. The first-order chi connectivity index (χ1) is 15.1. The van der Waals surface area contributed by atoms with E-state index in [0.29, 0.717) is 11.5 Å². The number of hydrogen-bond acceptors (Lipinski definition) is 7. The van der Waals surface area contributed by atoms with E-state index >= 15 is 0 Å². The molecule has 0 saturated carbocycles. The van der Waals surface area contributed by atoms with E-state index in [4.69, 9.17) is 18.9 Å². The van der Waals surface area contributed by atoms with Gasteiger partial charge in [0.25, 0.3) is 0 Å². The van der Waals surface area contributed by atoms with Crippen molar-refractivity contribution in [3.63, 3.8) is 0 Å². The van der Waals surface area contributed by atoms with Crippen molar-refractivity contribution in [2.24, 2.45) is 0 Å². The van der Waals surface area contributed by atoms with Crippen LogP contribution in [0.2, 0.25) is 0 Å². The summed E-state index contributed by atoms with van der Waals surface area (Å²) in [6.45, 7) is 6.43. The summed E-state index contributed by atoms with van der Waals surface area (Å²) in [5, 5.41) is 0. The number of esters is 1. The van der Waals surface area contributed by atoms with Crippen LogP contribution in [0.3, 0.4) is 0 Å². The Balaban J connectivity index is 1.35. The van der Waals surface area contributed by atoms with Gasteiger partial charge in [0.05, 0.1) is 25.5 Å². The highest BCUT2D eigenvalue weighted by atomic mass is 16.5. The zero-order valence-corrected chi connectivity index (χ0v) is 18.1. The SMILES string of the molecule is COC(=O)c1ccc(N2CCN(Cc3nc(-c4ccc(OC)cc4)oc3C)CC2)cc1. The maximum Gasteiger partial charge on any atom is 0.337 e. The Kier molecular flexibility index (Phi) is 6.23. The molecule has 7 heteroatoms. The smallest absolute Gasteiger partial charge is 0.337 e. The van der Waals surface area contributed by atoms with Gasteiger partial charge in [-0.1, -0.05) is 0 Å². The molecule has 1 fully saturated rings. The number of benzene rings is 2. The number of hydrogen-bond donors (Lipinski definition) is 0. The predicted molar refractivity (Wildman–Crippen MR) is 118 cm³/mol. The molecule has 31 heavy (non-hydrogen) atoms. The van der Waals surface area contributed by atoms with Gasteiger partial charge in [0.15, 0.2) is 0 Å².